The third kappa shape index (κ3) is 2.61. The molecule has 1 aliphatic rings. The van der Waals surface area contributed by atoms with E-state index in [2.05, 4.69) is 18.2 Å². The van der Waals surface area contributed by atoms with Crippen LogP contribution in [0.3, 0.4) is 0 Å². The maximum Gasteiger partial charge on any atom is 0.255 e. The lowest BCUT2D eigenvalue weighted by Gasteiger charge is -2.21. The SMILES string of the molecule is Cn1c(-c2ccc3c(c2)CCCC3)ccc(C(C)(C)N)c1=O. The van der Waals surface area contributed by atoms with Gasteiger partial charge in [-0.05, 0) is 74.4 Å². The monoisotopic (exact) mass is 296 g/mol. The molecule has 22 heavy (non-hydrogen) atoms. The van der Waals surface area contributed by atoms with Gasteiger partial charge in [0, 0.05) is 18.2 Å². The van der Waals surface area contributed by atoms with Crippen LogP contribution in [-0.4, -0.2) is 4.57 Å². The van der Waals surface area contributed by atoms with Gasteiger partial charge in [0.25, 0.3) is 5.56 Å². The second-order valence-corrected chi connectivity index (χ2v) is 6.91. The van der Waals surface area contributed by atoms with Crippen LogP contribution in [0.25, 0.3) is 11.3 Å². The predicted octanol–water partition coefficient (Wildman–Crippen LogP) is 3.12. The highest BCUT2D eigenvalue weighted by molar-refractivity contribution is 5.62. The number of hydrogen-bond donors (Lipinski definition) is 1. The van der Waals surface area contributed by atoms with E-state index in [0.29, 0.717) is 5.56 Å². The molecule has 0 fully saturated rings. The number of hydrogen-bond acceptors (Lipinski definition) is 2. The third-order valence-electron chi connectivity index (χ3n) is 4.64. The number of nitrogens with two attached hydrogens (primary N) is 1. The van der Waals surface area contributed by atoms with Crippen LogP contribution in [0, 0.1) is 0 Å². The summed E-state index contributed by atoms with van der Waals surface area (Å²) in [5.41, 5.74) is 11.1. The Morgan fingerprint density at radius 2 is 1.73 bits per heavy atom. The Labute approximate surface area is 131 Å². The van der Waals surface area contributed by atoms with Crippen molar-refractivity contribution in [1.29, 1.82) is 0 Å². The average Bonchev–Trinajstić information content (AvgIpc) is 2.48. The van der Waals surface area contributed by atoms with E-state index in [1.807, 2.05) is 33.0 Å². The van der Waals surface area contributed by atoms with Gasteiger partial charge in [-0.2, -0.15) is 0 Å². The van der Waals surface area contributed by atoms with Crippen LogP contribution in [0.4, 0.5) is 0 Å². The highest BCUT2D eigenvalue weighted by Crippen LogP contribution is 2.27. The lowest BCUT2D eigenvalue weighted by molar-refractivity contribution is 0.541. The summed E-state index contributed by atoms with van der Waals surface area (Å²) in [6.07, 6.45) is 4.86. The quantitative estimate of drug-likeness (QED) is 0.925. The lowest BCUT2D eigenvalue weighted by atomic mass is 9.89. The fourth-order valence-electron chi connectivity index (χ4n) is 3.31. The summed E-state index contributed by atoms with van der Waals surface area (Å²) >= 11 is 0. The van der Waals surface area contributed by atoms with E-state index in [1.165, 1.54) is 30.4 Å². The zero-order chi connectivity index (χ0) is 15.9. The smallest absolute Gasteiger partial charge is 0.255 e. The Morgan fingerprint density at radius 1 is 1.05 bits per heavy atom. The van der Waals surface area contributed by atoms with Crippen molar-refractivity contribution in [3.8, 4) is 11.3 Å². The van der Waals surface area contributed by atoms with Crippen molar-refractivity contribution in [3.63, 3.8) is 0 Å². The first-order valence-corrected chi connectivity index (χ1v) is 7.99. The molecule has 0 aliphatic heterocycles. The first-order chi connectivity index (χ1) is 10.4. The molecule has 0 unspecified atom stereocenters. The van der Waals surface area contributed by atoms with Gasteiger partial charge in [0.05, 0.1) is 5.69 Å². The van der Waals surface area contributed by atoms with Crippen molar-refractivity contribution in [1.82, 2.24) is 4.57 Å². The van der Waals surface area contributed by atoms with Gasteiger partial charge in [-0.3, -0.25) is 4.79 Å². The predicted molar refractivity (Wildman–Crippen MR) is 91.0 cm³/mol. The van der Waals surface area contributed by atoms with Gasteiger partial charge in [-0.1, -0.05) is 12.1 Å². The van der Waals surface area contributed by atoms with Gasteiger partial charge in [0.15, 0.2) is 0 Å². The average molecular weight is 296 g/mol. The number of aryl methyl sites for hydroxylation is 2. The van der Waals surface area contributed by atoms with Gasteiger partial charge in [-0.15, -0.1) is 0 Å². The number of fused-ring (bicyclic) bond motifs is 1. The largest absolute Gasteiger partial charge is 0.322 e. The maximum atomic E-state index is 12.6. The number of rotatable bonds is 2. The van der Waals surface area contributed by atoms with Crippen LogP contribution in [0.15, 0.2) is 35.1 Å². The topological polar surface area (TPSA) is 48.0 Å². The zero-order valence-corrected chi connectivity index (χ0v) is 13.6. The Kier molecular flexibility index (Phi) is 3.69. The summed E-state index contributed by atoms with van der Waals surface area (Å²) in [6.45, 7) is 3.73. The molecule has 0 saturated carbocycles. The van der Waals surface area contributed by atoms with E-state index in [9.17, 15) is 4.79 Å². The van der Waals surface area contributed by atoms with Gasteiger partial charge >= 0.3 is 0 Å². The maximum absolute atomic E-state index is 12.6. The third-order valence-corrected chi connectivity index (χ3v) is 4.64. The molecule has 0 saturated heterocycles. The summed E-state index contributed by atoms with van der Waals surface area (Å²) in [7, 11) is 1.83. The second-order valence-electron chi connectivity index (χ2n) is 6.91. The molecule has 0 atom stereocenters. The summed E-state index contributed by atoms with van der Waals surface area (Å²) in [4.78, 5) is 12.6. The first-order valence-electron chi connectivity index (χ1n) is 7.99. The molecule has 0 amide bonds. The minimum absolute atomic E-state index is 0.0114. The Hall–Kier alpha value is -1.87. The van der Waals surface area contributed by atoms with Crippen LogP contribution < -0.4 is 11.3 Å². The molecule has 2 aromatic rings. The molecular weight excluding hydrogens is 272 g/mol. The molecule has 1 aromatic heterocycles. The summed E-state index contributed by atoms with van der Waals surface area (Å²) < 4.78 is 1.72. The van der Waals surface area contributed by atoms with Crippen LogP contribution in [0.1, 0.15) is 43.4 Å². The van der Waals surface area contributed by atoms with Gasteiger partial charge in [0.2, 0.25) is 0 Å². The van der Waals surface area contributed by atoms with Crippen molar-refractivity contribution >= 4 is 0 Å². The molecule has 3 heteroatoms. The molecular formula is C19H24N2O. The Morgan fingerprint density at radius 3 is 2.41 bits per heavy atom. The van der Waals surface area contributed by atoms with E-state index >= 15 is 0 Å². The molecule has 116 valence electrons. The Bertz CT molecular complexity index is 766. The Balaban J connectivity index is 2.10. The first kappa shape index (κ1) is 15.0. The summed E-state index contributed by atoms with van der Waals surface area (Å²) in [5.74, 6) is 0. The molecule has 3 nitrogen and oxygen atoms in total. The van der Waals surface area contributed by atoms with Crippen LogP contribution in [-0.2, 0) is 25.4 Å². The zero-order valence-electron chi connectivity index (χ0n) is 13.6. The molecule has 1 heterocycles. The number of nitrogens with zero attached hydrogens (tertiary/aromatic N) is 1. The van der Waals surface area contributed by atoms with Crippen molar-refractivity contribution in [3.05, 3.63) is 57.4 Å². The minimum atomic E-state index is -0.622. The molecule has 1 aliphatic carbocycles. The number of aromatic nitrogens is 1. The standard InChI is InChI=1S/C19H24N2O/c1-19(2,20)16-10-11-17(21(3)18(16)22)15-9-8-13-6-4-5-7-14(13)12-15/h8-12H,4-7,20H2,1-3H3. The van der Waals surface area contributed by atoms with Crippen molar-refractivity contribution < 1.29 is 0 Å². The normalized spacial score (nSPS) is 14.7. The van der Waals surface area contributed by atoms with Crippen LogP contribution in [0.5, 0.6) is 0 Å². The highest BCUT2D eigenvalue weighted by atomic mass is 16.1. The highest BCUT2D eigenvalue weighted by Gasteiger charge is 2.20. The van der Waals surface area contributed by atoms with Crippen molar-refractivity contribution in [2.45, 2.75) is 45.1 Å². The fraction of sp³-hybridized carbons (Fsp3) is 0.421. The minimum Gasteiger partial charge on any atom is -0.322 e. The lowest BCUT2D eigenvalue weighted by Crippen LogP contribution is -2.37. The molecule has 0 bridgehead atoms. The van der Waals surface area contributed by atoms with Crippen molar-refractivity contribution in [2.75, 3.05) is 0 Å². The fourth-order valence-corrected chi connectivity index (χ4v) is 3.31. The van der Waals surface area contributed by atoms with E-state index in [0.717, 1.165) is 17.7 Å². The van der Waals surface area contributed by atoms with Crippen molar-refractivity contribution in [2.24, 2.45) is 12.8 Å². The summed E-state index contributed by atoms with van der Waals surface area (Å²) in [6, 6.07) is 10.5. The molecule has 1 aromatic carbocycles. The molecule has 2 N–H and O–H groups in total. The van der Waals surface area contributed by atoms with E-state index < -0.39 is 5.54 Å². The van der Waals surface area contributed by atoms with E-state index in [4.69, 9.17) is 5.73 Å². The molecule has 0 spiro atoms. The van der Waals surface area contributed by atoms with Gasteiger partial charge in [0.1, 0.15) is 0 Å². The molecule has 3 rings (SSSR count). The van der Waals surface area contributed by atoms with E-state index in [1.54, 1.807) is 4.57 Å². The van der Waals surface area contributed by atoms with Crippen LogP contribution >= 0.6 is 0 Å². The number of pyridine rings is 1. The second kappa shape index (κ2) is 5.40. The van der Waals surface area contributed by atoms with Gasteiger partial charge < -0.3 is 10.3 Å². The van der Waals surface area contributed by atoms with Crippen LogP contribution in [0.2, 0.25) is 0 Å². The van der Waals surface area contributed by atoms with Gasteiger partial charge in [-0.25, -0.2) is 0 Å². The number of benzene rings is 1. The molecule has 0 radical (unpaired) electrons. The summed E-state index contributed by atoms with van der Waals surface area (Å²) in [5, 5.41) is 0. The van der Waals surface area contributed by atoms with E-state index in [-0.39, 0.29) is 5.56 Å².